The molecule has 0 radical (unpaired) electrons. The number of nitrogens with zero attached hydrogens (tertiary/aromatic N) is 6. The fourth-order valence-electron chi connectivity index (χ4n) is 4.33. The van der Waals surface area contributed by atoms with Gasteiger partial charge in [-0.05, 0) is 37.3 Å². The van der Waals surface area contributed by atoms with Crippen LogP contribution in [0.2, 0.25) is 5.02 Å². The number of aliphatic hydroxyl groups excluding tert-OH is 2. The van der Waals surface area contributed by atoms with Gasteiger partial charge in [0.15, 0.2) is 23.3 Å². The normalized spacial score (nSPS) is 22.2. The van der Waals surface area contributed by atoms with Crippen LogP contribution in [0.5, 0.6) is 0 Å². The lowest BCUT2D eigenvalue weighted by atomic mass is 9.95. The summed E-state index contributed by atoms with van der Waals surface area (Å²) >= 11 is 6.16. The second-order valence-electron chi connectivity index (χ2n) is 8.40. The fourth-order valence-corrected chi connectivity index (χ4v) is 4.52. The highest BCUT2D eigenvalue weighted by Gasteiger charge is 2.41. The van der Waals surface area contributed by atoms with Crippen LogP contribution in [-0.4, -0.2) is 58.8 Å². The number of benzene rings is 2. The van der Waals surface area contributed by atoms with E-state index in [1.165, 1.54) is 10.9 Å². The number of aromatic nitrogens is 6. The second-order valence-corrected chi connectivity index (χ2v) is 8.83. The zero-order valence-corrected chi connectivity index (χ0v) is 19.5. The maximum atomic E-state index is 13.7. The minimum absolute atomic E-state index is 0.0224. The van der Waals surface area contributed by atoms with Crippen molar-refractivity contribution >= 4 is 11.6 Å². The summed E-state index contributed by atoms with van der Waals surface area (Å²) in [5.74, 6) is -3.31. The van der Waals surface area contributed by atoms with Gasteiger partial charge < -0.3 is 14.9 Å². The largest absolute Gasteiger partial charge is 0.394 e. The number of rotatable bonds is 5. The van der Waals surface area contributed by atoms with Crippen LogP contribution in [0.25, 0.3) is 16.9 Å². The quantitative estimate of drug-likeness (QED) is 0.388. The van der Waals surface area contributed by atoms with Gasteiger partial charge in [0.2, 0.25) is 0 Å². The van der Waals surface area contributed by atoms with E-state index in [0.29, 0.717) is 22.4 Å². The van der Waals surface area contributed by atoms with E-state index in [0.717, 1.165) is 12.1 Å². The van der Waals surface area contributed by atoms with Crippen molar-refractivity contribution in [1.29, 1.82) is 0 Å². The number of hydrogen-bond acceptors (Lipinski definition) is 7. The maximum absolute atomic E-state index is 13.7. The molecule has 0 spiro atoms. The molecule has 5 rings (SSSR count). The van der Waals surface area contributed by atoms with E-state index in [4.69, 9.17) is 16.3 Å². The van der Waals surface area contributed by atoms with Crippen molar-refractivity contribution in [3.05, 3.63) is 76.7 Å². The Kier molecular flexibility index (Phi) is 6.51. The molecule has 188 valence electrons. The molecule has 36 heavy (non-hydrogen) atoms. The average molecular weight is 521 g/mol. The van der Waals surface area contributed by atoms with Gasteiger partial charge in [-0.15, -0.1) is 15.3 Å². The smallest absolute Gasteiger partial charge is 0.194 e. The fraction of sp³-hybridized carbons (Fsp3) is 0.304. The van der Waals surface area contributed by atoms with Crippen molar-refractivity contribution in [2.24, 2.45) is 0 Å². The lowest BCUT2D eigenvalue weighted by Gasteiger charge is -2.38. The first-order chi connectivity index (χ1) is 17.3. The Morgan fingerprint density at radius 3 is 2.56 bits per heavy atom. The van der Waals surface area contributed by atoms with Gasteiger partial charge in [-0.3, -0.25) is 4.57 Å². The van der Waals surface area contributed by atoms with Crippen LogP contribution >= 0.6 is 11.6 Å². The zero-order chi connectivity index (χ0) is 25.6. The topological polar surface area (TPSA) is 111 Å². The molecule has 1 aliphatic rings. The van der Waals surface area contributed by atoms with Crippen LogP contribution in [0.4, 0.5) is 13.2 Å². The van der Waals surface area contributed by atoms with E-state index in [-0.39, 0.29) is 17.7 Å². The molecule has 4 atom stereocenters. The van der Waals surface area contributed by atoms with E-state index in [1.807, 2.05) is 6.07 Å². The molecule has 0 bridgehead atoms. The molecule has 4 unspecified atom stereocenters. The number of aliphatic hydroxyl groups is 2. The highest BCUT2D eigenvalue weighted by atomic mass is 35.5. The summed E-state index contributed by atoms with van der Waals surface area (Å²) in [4.78, 5) is 0. The van der Waals surface area contributed by atoms with Crippen LogP contribution in [0.15, 0.2) is 42.6 Å². The van der Waals surface area contributed by atoms with E-state index >= 15 is 0 Å². The second kappa shape index (κ2) is 9.62. The monoisotopic (exact) mass is 520 g/mol. The van der Waals surface area contributed by atoms with Crippen LogP contribution < -0.4 is 0 Å². The molecule has 2 N–H and O–H groups in total. The standard InChI is InChI=1S/C23H20ClF3N6O3/c1-11-28-30-23(33(11)14-4-2-3-13(24)7-14)19-8-18(22(35)20(10-34)36-19)32-9-17(29-31-32)12-5-15(25)21(27)16(26)6-12/h2-7,9,18-20,22,34-35H,8,10H2,1H3. The van der Waals surface area contributed by atoms with Crippen LogP contribution in [0.1, 0.15) is 30.2 Å². The summed E-state index contributed by atoms with van der Waals surface area (Å²) in [6, 6.07) is 7.95. The first-order valence-corrected chi connectivity index (χ1v) is 11.3. The molecular weight excluding hydrogens is 501 g/mol. The van der Waals surface area contributed by atoms with Gasteiger partial charge in [-0.2, -0.15) is 0 Å². The number of hydrogen-bond donors (Lipinski definition) is 2. The Morgan fingerprint density at radius 1 is 1.11 bits per heavy atom. The average Bonchev–Trinajstić information content (AvgIpc) is 3.49. The Bertz CT molecular complexity index is 1390. The van der Waals surface area contributed by atoms with Gasteiger partial charge >= 0.3 is 0 Å². The van der Waals surface area contributed by atoms with E-state index in [2.05, 4.69) is 20.5 Å². The first-order valence-electron chi connectivity index (χ1n) is 11.0. The summed E-state index contributed by atoms with van der Waals surface area (Å²) in [6.07, 6.45) is -1.36. The summed E-state index contributed by atoms with van der Waals surface area (Å²) < 4.78 is 49.8. The number of halogens is 4. The van der Waals surface area contributed by atoms with Gasteiger partial charge in [0.05, 0.1) is 24.5 Å². The van der Waals surface area contributed by atoms with E-state index in [1.54, 1.807) is 29.7 Å². The predicted molar refractivity (Wildman–Crippen MR) is 121 cm³/mol. The summed E-state index contributed by atoms with van der Waals surface area (Å²) in [6.45, 7) is 1.27. The highest BCUT2D eigenvalue weighted by molar-refractivity contribution is 6.30. The molecule has 2 aromatic carbocycles. The molecule has 3 heterocycles. The third-order valence-corrected chi connectivity index (χ3v) is 6.32. The van der Waals surface area contributed by atoms with Crippen molar-refractivity contribution in [2.45, 2.75) is 37.7 Å². The minimum Gasteiger partial charge on any atom is -0.394 e. The molecule has 0 saturated carbocycles. The predicted octanol–water partition coefficient (Wildman–Crippen LogP) is 3.33. The molecule has 1 fully saturated rings. The summed E-state index contributed by atoms with van der Waals surface area (Å²) in [5.41, 5.74) is 0.752. The van der Waals surface area contributed by atoms with Crippen LogP contribution in [0, 0.1) is 24.4 Å². The molecule has 1 aliphatic heterocycles. The van der Waals surface area contributed by atoms with E-state index in [9.17, 15) is 23.4 Å². The van der Waals surface area contributed by atoms with Gasteiger partial charge in [0, 0.05) is 17.0 Å². The highest BCUT2D eigenvalue weighted by Crippen LogP contribution is 2.38. The van der Waals surface area contributed by atoms with Gasteiger partial charge in [-0.1, -0.05) is 22.9 Å². The Labute approximate surface area is 207 Å². The Balaban J connectivity index is 1.49. The van der Waals surface area contributed by atoms with Gasteiger partial charge in [0.1, 0.15) is 29.8 Å². The van der Waals surface area contributed by atoms with Crippen molar-refractivity contribution in [2.75, 3.05) is 6.61 Å². The van der Waals surface area contributed by atoms with Crippen molar-refractivity contribution in [3.8, 4) is 16.9 Å². The molecule has 0 aliphatic carbocycles. The van der Waals surface area contributed by atoms with Gasteiger partial charge in [-0.25, -0.2) is 17.9 Å². The Hall–Kier alpha value is -3.32. The van der Waals surface area contributed by atoms with Crippen molar-refractivity contribution < 1.29 is 28.1 Å². The Morgan fingerprint density at radius 2 is 1.86 bits per heavy atom. The third kappa shape index (κ3) is 4.37. The molecular formula is C23H20ClF3N6O3. The SMILES string of the molecule is Cc1nnc(C2CC(n3cc(-c4cc(F)c(F)c(F)c4)nn3)C(O)C(CO)O2)n1-c1cccc(Cl)c1. The first kappa shape index (κ1) is 24.4. The molecule has 1 saturated heterocycles. The molecule has 13 heteroatoms. The maximum Gasteiger partial charge on any atom is 0.194 e. The number of aryl methyl sites for hydroxylation is 1. The third-order valence-electron chi connectivity index (χ3n) is 6.08. The molecule has 9 nitrogen and oxygen atoms in total. The van der Waals surface area contributed by atoms with Crippen LogP contribution in [-0.2, 0) is 4.74 Å². The number of ether oxygens (including phenoxy) is 1. The minimum atomic E-state index is -1.58. The van der Waals surface area contributed by atoms with Crippen LogP contribution in [0.3, 0.4) is 0 Å². The van der Waals surface area contributed by atoms with Crippen molar-refractivity contribution in [1.82, 2.24) is 29.8 Å². The lowest BCUT2D eigenvalue weighted by Crippen LogP contribution is -2.45. The van der Waals surface area contributed by atoms with E-state index < -0.39 is 48.4 Å². The van der Waals surface area contributed by atoms with Crippen molar-refractivity contribution in [3.63, 3.8) is 0 Å². The summed E-state index contributed by atoms with van der Waals surface area (Å²) in [5, 5.41) is 37.6. The lowest BCUT2D eigenvalue weighted by molar-refractivity contribution is -0.161. The summed E-state index contributed by atoms with van der Waals surface area (Å²) in [7, 11) is 0. The molecule has 2 aromatic heterocycles. The van der Waals surface area contributed by atoms with Gasteiger partial charge in [0.25, 0.3) is 0 Å². The molecule has 0 amide bonds. The molecule has 4 aromatic rings. The zero-order valence-electron chi connectivity index (χ0n) is 18.8.